The van der Waals surface area contributed by atoms with E-state index in [1.807, 2.05) is 122 Å². The molecule has 5 nitrogen and oxygen atoms in total. The van der Waals surface area contributed by atoms with Gasteiger partial charge in [-0.25, -0.2) is 4.98 Å². The normalized spacial score (nSPS) is 13.9. The molecule has 0 aliphatic rings. The number of aromatic nitrogens is 4. The first-order valence-corrected chi connectivity index (χ1v) is 21.1. The number of ether oxygens (including phenoxy) is 1. The van der Waals surface area contributed by atoms with E-state index in [-0.39, 0.29) is 49.0 Å². The molecule has 3 aromatic heterocycles. The van der Waals surface area contributed by atoms with Gasteiger partial charge in [-0.15, -0.1) is 29.7 Å². The van der Waals surface area contributed by atoms with Gasteiger partial charge in [-0.05, 0) is 93.0 Å². The Balaban J connectivity index is 0.00000657. The third kappa shape index (κ3) is 7.77. The molecular formula is C59H44N4OPt-2. The first-order valence-electron chi connectivity index (χ1n) is 26.6. The van der Waals surface area contributed by atoms with Crippen LogP contribution in [0, 0.1) is 18.5 Å². The summed E-state index contributed by atoms with van der Waals surface area (Å²) in [6, 6.07) is 42.9. The van der Waals surface area contributed by atoms with Crippen LogP contribution < -0.4 is 9.30 Å². The molecule has 6 heteroatoms. The van der Waals surface area contributed by atoms with E-state index in [0.29, 0.717) is 46.9 Å². The number of fused-ring (bicyclic) bond motifs is 4. The Labute approximate surface area is 409 Å². The Morgan fingerprint density at radius 2 is 1.32 bits per heavy atom. The summed E-state index contributed by atoms with van der Waals surface area (Å²) in [6.07, 6.45) is 6.50. The van der Waals surface area contributed by atoms with Crippen molar-refractivity contribution in [2.24, 2.45) is 0 Å². The summed E-state index contributed by atoms with van der Waals surface area (Å²) < 4.78 is 109. The van der Waals surface area contributed by atoms with Gasteiger partial charge in [-0.3, -0.25) is 4.57 Å². The van der Waals surface area contributed by atoms with Crippen LogP contribution in [-0.4, -0.2) is 14.1 Å². The average Bonchev–Trinajstić information content (AvgIpc) is 4.04. The standard InChI is InChI=1S/C59H44N4O.Pt/c1-3-41(4-2)46-34-35-60-58(37-46)63-54-29-15-14-26-52(54)53-32-31-49(39-56(53)63)64-48-25-16-24-47(38-48)61-40-62(57-36-45(30-33-55(57)61)42-18-8-5-9-19-42)59-50(43-20-10-6-11-21-43)27-17-28-51(59)44-22-12-7-13-23-44;/h5-37,41H,3-4H2,1-2H3;/q-2;/i6D,7D,10D,11D,12D,13D,20D,21D,22D,23D,41D;. The first kappa shape index (κ1) is 30.7. The third-order valence-corrected chi connectivity index (χ3v) is 11.6. The number of imidazole rings is 1. The van der Waals surface area contributed by atoms with Crippen molar-refractivity contribution in [1.29, 1.82) is 0 Å². The van der Waals surface area contributed by atoms with Crippen molar-refractivity contribution in [3.05, 3.63) is 224 Å². The molecule has 8 aromatic carbocycles. The molecular weight excluding hydrogens is 976 g/mol. The van der Waals surface area contributed by atoms with E-state index >= 15 is 0 Å². The van der Waals surface area contributed by atoms with Gasteiger partial charge in [0.05, 0.1) is 30.4 Å². The molecule has 0 bridgehead atoms. The molecule has 0 radical (unpaired) electrons. The molecule has 0 spiro atoms. The fourth-order valence-electron chi connectivity index (χ4n) is 8.56. The minimum absolute atomic E-state index is 0. The number of hydrogen-bond donors (Lipinski definition) is 0. The van der Waals surface area contributed by atoms with Gasteiger partial charge in [-0.2, -0.15) is 18.2 Å². The number of nitrogens with zero attached hydrogens (tertiary/aromatic N) is 4. The van der Waals surface area contributed by atoms with Gasteiger partial charge in [0.25, 0.3) is 6.33 Å². The van der Waals surface area contributed by atoms with Gasteiger partial charge in [0.1, 0.15) is 5.82 Å². The van der Waals surface area contributed by atoms with Crippen molar-refractivity contribution in [1.82, 2.24) is 14.1 Å². The van der Waals surface area contributed by atoms with E-state index in [0.717, 1.165) is 38.5 Å². The van der Waals surface area contributed by atoms with Crippen molar-refractivity contribution in [3.63, 3.8) is 0 Å². The predicted molar refractivity (Wildman–Crippen MR) is 260 cm³/mol. The minimum atomic E-state index is -0.776. The molecule has 65 heavy (non-hydrogen) atoms. The molecule has 0 saturated carbocycles. The largest absolute Gasteiger partial charge is 0.510 e. The Hall–Kier alpha value is -7.33. The average molecular weight is 1030 g/mol. The van der Waals surface area contributed by atoms with Crippen LogP contribution in [0.3, 0.4) is 0 Å². The topological polar surface area (TPSA) is 35.9 Å². The third-order valence-electron chi connectivity index (χ3n) is 11.6. The Kier molecular flexibility index (Phi) is 8.52. The van der Waals surface area contributed by atoms with Crippen LogP contribution in [0.1, 0.15) is 53.2 Å². The van der Waals surface area contributed by atoms with Crippen molar-refractivity contribution in [2.45, 2.75) is 32.6 Å². The van der Waals surface area contributed by atoms with Crippen LogP contribution in [0.4, 0.5) is 0 Å². The molecule has 0 atom stereocenters. The second kappa shape index (κ2) is 18.0. The van der Waals surface area contributed by atoms with Crippen LogP contribution >= 0.6 is 0 Å². The fraction of sp³-hybridized carbons (Fsp3) is 0.0847. The van der Waals surface area contributed by atoms with Crippen molar-refractivity contribution >= 4 is 32.8 Å². The Bertz CT molecular complexity index is 3970. The molecule has 0 aliphatic carbocycles. The maximum Gasteiger partial charge on any atom is 0.268 e. The number of rotatable bonds is 11. The van der Waals surface area contributed by atoms with E-state index in [4.69, 9.17) is 23.4 Å². The van der Waals surface area contributed by atoms with Crippen LogP contribution in [-0.2, 0) is 21.1 Å². The molecule has 0 unspecified atom stereocenters. The van der Waals surface area contributed by atoms with Crippen molar-refractivity contribution < 1.29 is 45.4 Å². The number of hydrogen-bond acceptors (Lipinski definition) is 2. The predicted octanol–water partition coefficient (Wildman–Crippen LogP) is 14.5. The monoisotopic (exact) mass is 1030 g/mol. The van der Waals surface area contributed by atoms with E-state index in [1.165, 1.54) is 0 Å². The summed E-state index contributed by atoms with van der Waals surface area (Å²) in [4.78, 5) is 4.80. The minimum Gasteiger partial charge on any atom is -0.510 e. The van der Waals surface area contributed by atoms with Crippen LogP contribution in [0.15, 0.2) is 200 Å². The van der Waals surface area contributed by atoms with Crippen LogP contribution in [0.25, 0.3) is 83.4 Å². The number of benzene rings is 8. The SMILES string of the molecule is [2H]c1c([2H])c([2H])c(-c2cccc(-c3c([2H])c([2H])c([2H])c([2H])c3[2H])c2-[n+]2[c-]n(-c3[c-]c(Oc4[c-]c5c(cc4)c4ccccc4n5-c4cc(C([2H])(CC)CC)ccn4)ccc3)c3ccc(-c4ccccc4)cc32)c([2H])c1[2H].[Pt]. The zero-order chi connectivity index (χ0) is 52.6. The Morgan fingerprint density at radius 1 is 0.631 bits per heavy atom. The molecule has 0 saturated heterocycles. The van der Waals surface area contributed by atoms with Gasteiger partial charge < -0.3 is 13.9 Å². The summed E-state index contributed by atoms with van der Waals surface area (Å²) >= 11 is 0. The van der Waals surface area contributed by atoms with Gasteiger partial charge in [-0.1, -0.05) is 159 Å². The molecule has 0 amide bonds. The smallest absolute Gasteiger partial charge is 0.268 e. The zero-order valence-corrected chi connectivity index (χ0v) is 37.5. The van der Waals surface area contributed by atoms with Crippen LogP contribution in [0.2, 0.25) is 0 Å². The summed E-state index contributed by atoms with van der Waals surface area (Å²) in [5.74, 6) is 0.605. The molecule has 11 rings (SSSR count). The van der Waals surface area contributed by atoms with E-state index in [9.17, 15) is 1.37 Å². The van der Waals surface area contributed by atoms with Gasteiger partial charge >= 0.3 is 0 Å². The summed E-state index contributed by atoms with van der Waals surface area (Å²) in [5.41, 5.74) is 5.85. The van der Waals surface area contributed by atoms with E-state index < -0.39 is 66.3 Å². The molecule has 3 heterocycles. The summed E-state index contributed by atoms with van der Waals surface area (Å²) in [7, 11) is 0. The van der Waals surface area contributed by atoms with Gasteiger partial charge in [0.2, 0.25) is 0 Å². The van der Waals surface area contributed by atoms with Gasteiger partial charge in [0, 0.05) is 45.6 Å². The second-order valence-corrected chi connectivity index (χ2v) is 15.2. The first-order chi connectivity index (χ1) is 36.1. The maximum absolute atomic E-state index is 9.20. The maximum atomic E-state index is 9.20. The molecule has 11 aromatic rings. The summed E-state index contributed by atoms with van der Waals surface area (Å²) in [5, 5.41) is 1.94. The molecule has 0 fully saturated rings. The second-order valence-electron chi connectivity index (χ2n) is 15.2. The summed E-state index contributed by atoms with van der Waals surface area (Å²) in [6.45, 7) is 4.04. The molecule has 318 valence electrons. The number of para-hydroxylation sites is 2. The number of pyridine rings is 1. The van der Waals surface area contributed by atoms with E-state index in [1.54, 1.807) is 39.6 Å². The quantitative estimate of drug-likeness (QED) is 0.0956. The van der Waals surface area contributed by atoms with Crippen LogP contribution in [0.5, 0.6) is 11.5 Å². The van der Waals surface area contributed by atoms with Crippen molar-refractivity contribution in [3.8, 4) is 62.1 Å². The van der Waals surface area contributed by atoms with Gasteiger partial charge in [0.15, 0.2) is 0 Å². The zero-order valence-electron chi connectivity index (χ0n) is 46.2. The van der Waals surface area contributed by atoms with Crippen molar-refractivity contribution in [2.75, 3.05) is 0 Å². The Morgan fingerprint density at radius 3 is 2.06 bits per heavy atom. The van der Waals surface area contributed by atoms with E-state index in [2.05, 4.69) is 24.5 Å². The fourth-order valence-corrected chi connectivity index (χ4v) is 8.56. The molecule has 0 N–H and O–H groups in total. The molecule has 0 aliphatic heterocycles.